The van der Waals surface area contributed by atoms with Crippen LogP contribution in [0, 0.1) is 0 Å². The SMILES string of the molecule is CC(NCc1cc(Br)cs1)c1cccc(Cl)c1. The summed E-state index contributed by atoms with van der Waals surface area (Å²) in [5.74, 6) is 0. The fourth-order valence-corrected chi connectivity index (χ4v) is 3.19. The summed E-state index contributed by atoms with van der Waals surface area (Å²) in [6.07, 6.45) is 0. The van der Waals surface area contributed by atoms with Gasteiger partial charge in [-0.3, -0.25) is 0 Å². The topological polar surface area (TPSA) is 12.0 Å². The van der Waals surface area contributed by atoms with E-state index in [0.717, 1.165) is 16.0 Å². The average Bonchev–Trinajstić information content (AvgIpc) is 2.72. The van der Waals surface area contributed by atoms with Crippen LogP contribution in [0.5, 0.6) is 0 Å². The first-order valence-electron chi connectivity index (χ1n) is 5.37. The number of benzene rings is 1. The van der Waals surface area contributed by atoms with E-state index in [4.69, 9.17) is 11.6 Å². The lowest BCUT2D eigenvalue weighted by Gasteiger charge is -2.13. The summed E-state index contributed by atoms with van der Waals surface area (Å²) in [5.41, 5.74) is 1.22. The van der Waals surface area contributed by atoms with Gasteiger partial charge < -0.3 is 5.32 Å². The molecule has 0 saturated carbocycles. The van der Waals surface area contributed by atoms with E-state index in [2.05, 4.69) is 45.7 Å². The van der Waals surface area contributed by atoms with Crippen LogP contribution in [0.25, 0.3) is 0 Å². The molecule has 0 aliphatic rings. The Morgan fingerprint density at radius 1 is 1.41 bits per heavy atom. The van der Waals surface area contributed by atoms with Crippen molar-refractivity contribution in [2.45, 2.75) is 19.5 Å². The van der Waals surface area contributed by atoms with Crippen molar-refractivity contribution in [1.82, 2.24) is 5.32 Å². The molecule has 2 aromatic rings. The molecular weight excluding hydrogens is 318 g/mol. The van der Waals surface area contributed by atoms with Gasteiger partial charge in [0.25, 0.3) is 0 Å². The highest BCUT2D eigenvalue weighted by Crippen LogP contribution is 2.21. The van der Waals surface area contributed by atoms with Gasteiger partial charge in [0.1, 0.15) is 0 Å². The third-order valence-electron chi connectivity index (χ3n) is 2.55. The molecule has 4 heteroatoms. The van der Waals surface area contributed by atoms with Crippen molar-refractivity contribution in [3.63, 3.8) is 0 Å². The molecule has 1 nitrogen and oxygen atoms in total. The van der Waals surface area contributed by atoms with Gasteiger partial charge in [0, 0.05) is 32.3 Å². The van der Waals surface area contributed by atoms with Crippen molar-refractivity contribution in [3.8, 4) is 0 Å². The van der Waals surface area contributed by atoms with E-state index < -0.39 is 0 Å². The molecule has 0 saturated heterocycles. The molecule has 90 valence electrons. The standard InChI is InChI=1S/C13H13BrClNS/c1-9(10-3-2-4-12(15)5-10)16-7-13-6-11(14)8-17-13/h2-6,8-9,16H,7H2,1H3. The van der Waals surface area contributed by atoms with E-state index >= 15 is 0 Å². The molecule has 1 N–H and O–H groups in total. The van der Waals surface area contributed by atoms with E-state index in [1.807, 2.05) is 18.2 Å². The number of rotatable bonds is 4. The number of nitrogens with one attached hydrogen (secondary N) is 1. The summed E-state index contributed by atoms with van der Waals surface area (Å²) in [7, 11) is 0. The maximum Gasteiger partial charge on any atom is 0.0409 e. The zero-order valence-electron chi connectivity index (χ0n) is 9.41. The highest BCUT2D eigenvalue weighted by molar-refractivity contribution is 9.10. The van der Waals surface area contributed by atoms with E-state index in [1.54, 1.807) is 11.3 Å². The first-order valence-corrected chi connectivity index (χ1v) is 7.42. The molecule has 1 aromatic heterocycles. The second-order valence-electron chi connectivity index (χ2n) is 3.89. The fraction of sp³-hybridized carbons (Fsp3) is 0.231. The number of thiophene rings is 1. The summed E-state index contributed by atoms with van der Waals surface area (Å²) in [6, 6.07) is 10.4. The first kappa shape index (κ1) is 13.1. The van der Waals surface area contributed by atoms with Crippen LogP contribution in [0.2, 0.25) is 5.02 Å². The maximum atomic E-state index is 5.98. The van der Waals surface area contributed by atoms with E-state index in [9.17, 15) is 0 Å². The zero-order valence-corrected chi connectivity index (χ0v) is 12.6. The molecule has 1 aromatic carbocycles. The molecule has 0 aliphatic carbocycles. The Bertz CT molecular complexity index is 498. The second kappa shape index (κ2) is 6.01. The quantitative estimate of drug-likeness (QED) is 0.830. The van der Waals surface area contributed by atoms with Gasteiger partial charge in [0.2, 0.25) is 0 Å². The normalized spacial score (nSPS) is 12.6. The van der Waals surface area contributed by atoms with Crippen LogP contribution in [-0.4, -0.2) is 0 Å². The third kappa shape index (κ3) is 3.81. The smallest absolute Gasteiger partial charge is 0.0409 e. The van der Waals surface area contributed by atoms with Crippen molar-refractivity contribution >= 4 is 38.9 Å². The van der Waals surface area contributed by atoms with Crippen LogP contribution in [0.3, 0.4) is 0 Å². The van der Waals surface area contributed by atoms with E-state index in [0.29, 0.717) is 6.04 Å². The van der Waals surface area contributed by atoms with Gasteiger partial charge in [-0.25, -0.2) is 0 Å². The third-order valence-corrected chi connectivity index (χ3v) is 4.49. The van der Waals surface area contributed by atoms with Gasteiger partial charge in [-0.2, -0.15) is 0 Å². The van der Waals surface area contributed by atoms with Gasteiger partial charge in [0.15, 0.2) is 0 Å². The number of halogens is 2. The Morgan fingerprint density at radius 2 is 2.24 bits per heavy atom. The lowest BCUT2D eigenvalue weighted by molar-refractivity contribution is 0.579. The molecule has 0 aliphatic heterocycles. The Labute approximate surface area is 119 Å². The Kier molecular flexibility index (Phi) is 4.62. The monoisotopic (exact) mass is 329 g/mol. The summed E-state index contributed by atoms with van der Waals surface area (Å²) in [5, 5.41) is 6.37. The minimum atomic E-state index is 0.301. The van der Waals surface area contributed by atoms with Gasteiger partial charge in [-0.15, -0.1) is 11.3 Å². The van der Waals surface area contributed by atoms with E-state index in [1.165, 1.54) is 10.4 Å². The van der Waals surface area contributed by atoms with Crippen molar-refractivity contribution in [3.05, 3.63) is 55.6 Å². The molecular formula is C13H13BrClNS. The van der Waals surface area contributed by atoms with Crippen molar-refractivity contribution in [2.24, 2.45) is 0 Å². The molecule has 17 heavy (non-hydrogen) atoms. The largest absolute Gasteiger partial charge is 0.305 e. The summed E-state index contributed by atoms with van der Waals surface area (Å²) in [4.78, 5) is 1.32. The Balaban J connectivity index is 1.95. The van der Waals surface area contributed by atoms with Gasteiger partial charge in [0.05, 0.1) is 0 Å². The molecule has 0 radical (unpaired) electrons. The second-order valence-corrected chi connectivity index (χ2v) is 6.24. The summed E-state index contributed by atoms with van der Waals surface area (Å²) < 4.78 is 1.15. The van der Waals surface area contributed by atoms with Gasteiger partial charge >= 0.3 is 0 Å². The lowest BCUT2D eigenvalue weighted by atomic mass is 10.1. The molecule has 0 bridgehead atoms. The van der Waals surface area contributed by atoms with Crippen LogP contribution in [-0.2, 0) is 6.54 Å². The van der Waals surface area contributed by atoms with Crippen molar-refractivity contribution < 1.29 is 0 Å². The lowest BCUT2D eigenvalue weighted by Crippen LogP contribution is -2.17. The van der Waals surface area contributed by atoms with Crippen molar-refractivity contribution in [1.29, 1.82) is 0 Å². The Hall–Kier alpha value is -0.350. The van der Waals surface area contributed by atoms with Crippen LogP contribution < -0.4 is 5.32 Å². The average molecular weight is 331 g/mol. The van der Waals surface area contributed by atoms with Crippen LogP contribution in [0.4, 0.5) is 0 Å². The molecule has 0 fully saturated rings. The van der Waals surface area contributed by atoms with E-state index in [-0.39, 0.29) is 0 Å². The minimum Gasteiger partial charge on any atom is -0.305 e. The van der Waals surface area contributed by atoms with Gasteiger partial charge in [-0.1, -0.05) is 23.7 Å². The molecule has 0 amide bonds. The molecule has 0 spiro atoms. The highest BCUT2D eigenvalue weighted by atomic mass is 79.9. The summed E-state index contributed by atoms with van der Waals surface area (Å²) in [6.45, 7) is 3.03. The van der Waals surface area contributed by atoms with Crippen LogP contribution in [0.1, 0.15) is 23.4 Å². The zero-order chi connectivity index (χ0) is 12.3. The Morgan fingerprint density at radius 3 is 2.88 bits per heavy atom. The fourth-order valence-electron chi connectivity index (χ4n) is 1.59. The number of hydrogen-bond acceptors (Lipinski definition) is 2. The summed E-state index contributed by atoms with van der Waals surface area (Å²) >= 11 is 11.2. The highest BCUT2D eigenvalue weighted by Gasteiger charge is 2.06. The molecule has 1 heterocycles. The number of hydrogen-bond donors (Lipinski definition) is 1. The molecule has 1 unspecified atom stereocenters. The first-order chi connectivity index (χ1) is 8.15. The van der Waals surface area contributed by atoms with Crippen molar-refractivity contribution in [2.75, 3.05) is 0 Å². The molecule has 1 atom stereocenters. The molecule has 2 rings (SSSR count). The predicted octanol–water partition coefficient (Wildman–Crippen LogP) is 5.01. The van der Waals surface area contributed by atoms with Crippen LogP contribution >= 0.6 is 38.9 Å². The van der Waals surface area contributed by atoms with Crippen LogP contribution in [0.15, 0.2) is 40.2 Å². The minimum absolute atomic E-state index is 0.301. The van der Waals surface area contributed by atoms with Gasteiger partial charge in [-0.05, 0) is 46.6 Å². The maximum absolute atomic E-state index is 5.98. The predicted molar refractivity (Wildman–Crippen MR) is 78.7 cm³/mol.